The molecule has 0 bridgehead atoms. The van der Waals surface area contributed by atoms with E-state index in [1.54, 1.807) is 7.05 Å². The van der Waals surface area contributed by atoms with Gasteiger partial charge in [-0.1, -0.05) is 13.8 Å². The Bertz CT molecular complexity index is 373. The monoisotopic (exact) mass is 315 g/mol. The second-order valence-electron chi connectivity index (χ2n) is 5.40. The highest BCUT2D eigenvalue weighted by atomic mass is 16.2. The number of carbonyl (C=O) groups excluding carboxylic acids is 3. The van der Waals surface area contributed by atoms with E-state index in [9.17, 15) is 14.4 Å². The molecule has 0 aromatic carbocycles. The van der Waals surface area contributed by atoms with Crippen molar-refractivity contribution in [1.29, 1.82) is 0 Å². The highest BCUT2D eigenvalue weighted by molar-refractivity contribution is 5.89. The van der Waals surface area contributed by atoms with Crippen LogP contribution in [0, 0.1) is 5.92 Å². The molecular weight excluding hydrogens is 286 g/mol. The van der Waals surface area contributed by atoms with Crippen molar-refractivity contribution in [1.82, 2.24) is 21.3 Å². The molecule has 0 fully saturated rings. The summed E-state index contributed by atoms with van der Waals surface area (Å²) in [4.78, 5) is 34.9. The molecule has 0 heterocycles. The van der Waals surface area contributed by atoms with Crippen LogP contribution in [0.5, 0.6) is 0 Å². The Morgan fingerprint density at radius 3 is 2.18 bits per heavy atom. The second-order valence-corrected chi connectivity index (χ2v) is 5.40. The van der Waals surface area contributed by atoms with Crippen molar-refractivity contribution in [2.45, 2.75) is 45.7 Å². The maximum atomic E-state index is 12.2. The number of urea groups is 1. The fourth-order valence-corrected chi connectivity index (χ4v) is 2.11. The predicted octanol–water partition coefficient (Wildman–Crippen LogP) is -0.700. The summed E-state index contributed by atoms with van der Waals surface area (Å²) in [6, 6.07) is -1.59. The van der Waals surface area contributed by atoms with Gasteiger partial charge >= 0.3 is 6.03 Å². The summed E-state index contributed by atoms with van der Waals surface area (Å²) in [5.41, 5.74) is 4.98. The molecule has 0 saturated carbocycles. The third kappa shape index (κ3) is 7.82. The van der Waals surface area contributed by atoms with Gasteiger partial charge in [-0.25, -0.2) is 4.79 Å². The van der Waals surface area contributed by atoms with Crippen LogP contribution in [0.25, 0.3) is 0 Å². The zero-order valence-corrected chi connectivity index (χ0v) is 13.9. The van der Waals surface area contributed by atoms with Gasteiger partial charge < -0.3 is 27.0 Å². The van der Waals surface area contributed by atoms with Gasteiger partial charge in [-0.15, -0.1) is 0 Å². The standard InChI is InChI=1S/C14H29N5O3/c1-5-17-12(20)10(7-6-8-18-14(15)22)19-13(21)11(16-4)9(2)3/h9-11,16H,5-8H2,1-4H3,(H,17,20)(H,19,21)(H3,15,18,22). The van der Waals surface area contributed by atoms with Crippen molar-refractivity contribution < 1.29 is 14.4 Å². The lowest BCUT2D eigenvalue weighted by Gasteiger charge is -2.24. The van der Waals surface area contributed by atoms with Crippen molar-refractivity contribution in [3.8, 4) is 0 Å². The van der Waals surface area contributed by atoms with Gasteiger partial charge in [-0.05, 0) is 32.7 Å². The number of nitrogens with one attached hydrogen (secondary N) is 4. The Kier molecular flexibility index (Phi) is 9.93. The Morgan fingerprint density at radius 2 is 1.73 bits per heavy atom. The molecule has 0 saturated heterocycles. The molecule has 2 unspecified atom stereocenters. The topological polar surface area (TPSA) is 125 Å². The third-order valence-electron chi connectivity index (χ3n) is 3.21. The summed E-state index contributed by atoms with van der Waals surface area (Å²) in [6.45, 7) is 6.53. The maximum absolute atomic E-state index is 12.2. The van der Waals surface area contributed by atoms with E-state index in [0.29, 0.717) is 25.9 Å². The molecule has 0 rings (SSSR count). The molecule has 2 atom stereocenters. The molecule has 128 valence electrons. The van der Waals surface area contributed by atoms with Gasteiger partial charge in [0.2, 0.25) is 11.8 Å². The number of carbonyl (C=O) groups is 3. The molecular formula is C14H29N5O3. The molecule has 0 aliphatic heterocycles. The largest absolute Gasteiger partial charge is 0.355 e. The number of hydrogen-bond donors (Lipinski definition) is 5. The molecule has 0 aromatic heterocycles. The molecule has 8 heteroatoms. The molecule has 4 amide bonds. The molecule has 0 aliphatic rings. The number of likely N-dealkylation sites (N-methyl/N-ethyl adjacent to an activating group) is 2. The van der Waals surface area contributed by atoms with E-state index in [1.807, 2.05) is 20.8 Å². The Labute approximate surface area is 132 Å². The van der Waals surface area contributed by atoms with Gasteiger partial charge in [0.25, 0.3) is 0 Å². The van der Waals surface area contributed by atoms with E-state index < -0.39 is 12.1 Å². The van der Waals surface area contributed by atoms with E-state index in [1.165, 1.54) is 0 Å². The van der Waals surface area contributed by atoms with Gasteiger partial charge in [-0.3, -0.25) is 9.59 Å². The molecule has 8 nitrogen and oxygen atoms in total. The van der Waals surface area contributed by atoms with Crippen LogP contribution in [-0.2, 0) is 9.59 Å². The smallest absolute Gasteiger partial charge is 0.312 e. The lowest BCUT2D eigenvalue weighted by molar-refractivity contribution is -0.130. The minimum Gasteiger partial charge on any atom is -0.355 e. The molecule has 22 heavy (non-hydrogen) atoms. The lowest BCUT2D eigenvalue weighted by Crippen LogP contribution is -2.53. The van der Waals surface area contributed by atoms with Gasteiger partial charge in [0.15, 0.2) is 0 Å². The second kappa shape index (κ2) is 10.8. The van der Waals surface area contributed by atoms with Crippen LogP contribution in [-0.4, -0.2) is 50.1 Å². The van der Waals surface area contributed by atoms with Crippen molar-refractivity contribution >= 4 is 17.8 Å². The number of primary amides is 1. The first-order valence-electron chi connectivity index (χ1n) is 7.62. The van der Waals surface area contributed by atoms with E-state index >= 15 is 0 Å². The van der Waals surface area contributed by atoms with Crippen LogP contribution >= 0.6 is 0 Å². The predicted molar refractivity (Wildman–Crippen MR) is 85.1 cm³/mol. The van der Waals surface area contributed by atoms with Gasteiger partial charge in [-0.2, -0.15) is 0 Å². The van der Waals surface area contributed by atoms with Crippen LogP contribution in [0.1, 0.15) is 33.6 Å². The first-order chi connectivity index (χ1) is 10.3. The lowest BCUT2D eigenvalue weighted by atomic mass is 10.0. The molecule has 0 spiro atoms. The number of nitrogens with two attached hydrogens (primary N) is 1. The Morgan fingerprint density at radius 1 is 1.09 bits per heavy atom. The van der Waals surface area contributed by atoms with Crippen LogP contribution in [0.3, 0.4) is 0 Å². The highest BCUT2D eigenvalue weighted by Crippen LogP contribution is 2.04. The van der Waals surface area contributed by atoms with Crippen molar-refractivity contribution in [2.75, 3.05) is 20.1 Å². The van der Waals surface area contributed by atoms with Crippen molar-refractivity contribution in [3.05, 3.63) is 0 Å². The van der Waals surface area contributed by atoms with Crippen molar-refractivity contribution in [2.24, 2.45) is 11.7 Å². The van der Waals surface area contributed by atoms with Crippen LogP contribution in [0.15, 0.2) is 0 Å². The minimum atomic E-state index is -0.628. The average Bonchev–Trinajstić information content (AvgIpc) is 2.42. The first kappa shape index (κ1) is 20.2. The summed E-state index contributed by atoms with van der Waals surface area (Å²) < 4.78 is 0. The zero-order valence-electron chi connectivity index (χ0n) is 13.9. The van der Waals surface area contributed by atoms with E-state index in [2.05, 4.69) is 21.3 Å². The molecule has 0 aliphatic carbocycles. The van der Waals surface area contributed by atoms with E-state index in [0.717, 1.165) is 0 Å². The Hall–Kier alpha value is -1.83. The van der Waals surface area contributed by atoms with Crippen molar-refractivity contribution in [3.63, 3.8) is 0 Å². The fourth-order valence-electron chi connectivity index (χ4n) is 2.11. The van der Waals surface area contributed by atoms with E-state index in [4.69, 9.17) is 5.73 Å². The summed E-state index contributed by atoms with van der Waals surface area (Å²) >= 11 is 0. The zero-order chi connectivity index (χ0) is 17.1. The summed E-state index contributed by atoms with van der Waals surface area (Å²) in [5, 5.41) is 10.9. The van der Waals surface area contributed by atoms with E-state index in [-0.39, 0.29) is 23.8 Å². The average molecular weight is 315 g/mol. The number of rotatable bonds is 10. The van der Waals surface area contributed by atoms with Gasteiger partial charge in [0, 0.05) is 13.1 Å². The third-order valence-corrected chi connectivity index (χ3v) is 3.21. The molecule has 6 N–H and O–H groups in total. The summed E-state index contributed by atoms with van der Waals surface area (Å²) in [7, 11) is 1.71. The van der Waals surface area contributed by atoms with Gasteiger partial charge in [0.1, 0.15) is 6.04 Å². The van der Waals surface area contributed by atoms with Crippen LogP contribution in [0.2, 0.25) is 0 Å². The Balaban J connectivity index is 4.61. The summed E-state index contributed by atoms with van der Waals surface area (Å²) in [5.74, 6) is -0.332. The number of amides is 4. The maximum Gasteiger partial charge on any atom is 0.312 e. The molecule has 0 radical (unpaired) electrons. The quantitative estimate of drug-likeness (QED) is 0.342. The SMILES string of the molecule is CCNC(=O)C(CCCNC(N)=O)NC(=O)C(NC)C(C)C. The highest BCUT2D eigenvalue weighted by Gasteiger charge is 2.25. The van der Waals surface area contributed by atoms with Crippen LogP contribution in [0.4, 0.5) is 4.79 Å². The normalized spacial score (nSPS) is 13.3. The molecule has 0 aromatic rings. The summed E-state index contributed by atoms with van der Waals surface area (Å²) in [6.07, 6.45) is 0.962. The minimum absolute atomic E-state index is 0.108. The van der Waals surface area contributed by atoms with Gasteiger partial charge in [0.05, 0.1) is 6.04 Å². The first-order valence-corrected chi connectivity index (χ1v) is 7.62. The fraction of sp³-hybridized carbons (Fsp3) is 0.786. The van der Waals surface area contributed by atoms with Crippen LogP contribution < -0.4 is 27.0 Å². The number of hydrogen-bond acceptors (Lipinski definition) is 4.